The average molecular weight is 421 g/mol. The highest BCUT2D eigenvalue weighted by Gasteiger charge is 2.20. The molecule has 0 unspecified atom stereocenters. The van der Waals surface area contributed by atoms with Gasteiger partial charge in [0.15, 0.2) is 0 Å². The van der Waals surface area contributed by atoms with Gasteiger partial charge in [0.05, 0.1) is 6.54 Å². The number of aliphatic carboxylic acids is 1. The van der Waals surface area contributed by atoms with Crippen LogP contribution in [0, 0.1) is 5.41 Å². The fourth-order valence-corrected chi connectivity index (χ4v) is 4.30. The molecule has 7 nitrogen and oxygen atoms in total. The Balaban J connectivity index is 1.40. The fourth-order valence-electron chi connectivity index (χ4n) is 4.30. The van der Waals surface area contributed by atoms with Crippen LogP contribution >= 0.6 is 0 Å². The van der Waals surface area contributed by atoms with Gasteiger partial charge in [0.25, 0.3) is 5.91 Å². The molecule has 7 heteroatoms. The molecule has 0 aromatic heterocycles. The summed E-state index contributed by atoms with van der Waals surface area (Å²) in [5, 5.41) is 20.4. The van der Waals surface area contributed by atoms with Crippen LogP contribution < -0.4 is 5.32 Å². The van der Waals surface area contributed by atoms with Crippen LogP contribution in [0.2, 0.25) is 0 Å². The lowest BCUT2D eigenvalue weighted by atomic mass is 9.97. The first-order valence-corrected chi connectivity index (χ1v) is 10.8. The number of amides is 1. The van der Waals surface area contributed by atoms with Crippen LogP contribution in [-0.2, 0) is 17.8 Å². The van der Waals surface area contributed by atoms with Crippen LogP contribution in [0.4, 0.5) is 5.69 Å². The summed E-state index contributed by atoms with van der Waals surface area (Å²) in [7, 11) is 0. The number of carbonyl (C=O) groups excluding carboxylic acids is 1. The average Bonchev–Trinajstić information content (AvgIpc) is 2.79. The van der Waals surface area contributed by atoms with Gasteiger partial charge in [0.1, 0.15) is 5.84 Å². The minimum absolute atomic E-state index is 0.00858. The second-order valence-corrected chi connectivity index (χ2v) is 8.27. The van der Waals surface area contributed by atoms with Gasteiger partial charge in [-0.05, 0) is 73.2 Å². The summed E-state index contributed by atoms with van der Waals surface area (Å²) in [6.45, 7) is 3.12. The molecule has 2 aliphatic heterocycles. The zero-order valence-electron chi connectivity index (χ0n) is 17.6. The summed E-state index contributed by atoms with van der Waals surface area (Å²) in [6.07, 6.45) is 4.28. The van der Waals surface area contributed by atoms with Crippen molar-refractivity contribution < 1.29 is 14.7 Å². The Labute approximate surface area is 182 Å². The number of anilines is 1. The molecule has 162 valence electrons. The van der Waals surface area contributed by atoms with Crippen LogP contribution in [0.1, 0.15) is 46.3 Å². The topological polar surface area (TPSA) is 96.7 Å². The molecule has 0 atom stereocenters. The van der Waals surface area contributed by atoms with Gasteiger partial charge in [-0.15, -0.1) is 0 Å². The molecule has 2 aromatic rings. The third-order valence-electron chi connectivity index (χ3n) is 6.01. The van der Waals surface area contributed by atoms with E-state index in [-0.39, 0.29) is 12.5 Å². The van der Waals surface area contributed by atoms with Gasteiger partial charge in [-0.2, -0.15) is 0 Å². The van der Waals surface area contributed by atoms with Crippen LogP contribution in [0.15, 0.2) is 42.5 Å². The van der Waals surface area contributed by atoms with E-state index in [0.717, 1.165) is 43.5 Å². The Morgan fingerprint density at radius 1 is 0.935 bits per heavy atom. The molecule has 1 saturated heterocycles. The number of nitrogens with zero attached hydrogens (tertiary/aromatic N) is 2. The standard InChI is InChI=1S/C24H28N4O3/c25-23(28-11-2-1-3-12-28)18-6-8-21(9-7-18)26-24(31)19-5-4-17-10-13-27(16-22(29)30)15-20(17)14-19/h4-9,14,25H,1-3,10-13,15-16H2,(H,26,31)(H,29,30). The van der Waals surface area contributed by atoms with Crippen molar-refractivity contribution >= 4 is 23.4 Å². The van der Waals surface area contributed by atoms with Gasteiger partial charge in [-0.25, -0.2) is 0 Å². The highest BCUT2D eigenvalue weighted by molar-refractivity contribution is 6.05. The van der Waals surface area contributed by atoms with E-state index in [1.165, 1.54) is 12.0 Å². The van der Waals surface area contributed by atoms with E-state index in [4.69, 9.17) is 10.5 Å². The molecule has 3 N–H and O–H groups in total. The lowest BCUT2D eigenvalue weighted by Gasteiger charge is -2.29. The van der Waals surface area contributed by atoms with Crippen LogP contribution in [0.3, 0.4) is 0 Å². The van der Waals surface area contributed by atoms with Gasteiger partial charge < -0.3 is 15.3 Å². The van der Waals surface area contributed by atoms with E-state index in [1.54, 1.807) is 0 Å². The first-order chi connectivity index (χ1) is 15.0. The molecule has 0 aliphatic carbocycles. The summed E-state index contributed by atoms with van der Waals surface area (Å²) < 4.78 is 0. The predicted molar refractivity (Wildman–Crippen MR) is 120 cm³/mol. The van der Waals surface area contributed by atoms with Gasteiger partial charge in [0.2, 0.25) is 0 Å². The number of hydrogen-bond acceptors (Lipinski definition) is 4. The maximum Gasteiger partial charge on any atom is 0.317 e. The zero-order valence-corrected chi connectivity index (χ0v) is 17.6. The molecule has 2 aromatic carbocycles. The van der Waals surface area contributed by atoms with Crippen LogP contribution in [0.5, 0.6) is 0 Å². The van der Waals surface area contributed by atoms with E-state index in [0.29, 0.717) is 30.2 Å². The number of carboxylic acid groups (broad SMARTS) is 1. The van der Waals surface area contributed by atoms with Crippen molar-refractivity contribution in [2.75, 3.05) is 31.5 Å². The number of carboxylic acids is 1. The third-order valence-corrected chi connectivity index (χ3v) is 6.01. The van der Waals surface area contributed by atoms with Crippen molar-refractivity contribution in [3.8, 4) is 0 Å². The van der Waals surface area contributed by atoms with Crippen LogP contribution in [-0.4, -0.2) is 58.8 Å². The van der Waals surface area contributed by atoms with Gasteiger partial charge in [-0.1, -0.05) is 6.07 Å². The first kappa shape index (κ1) is 21.1. The minimum atomic E-state index is -0.839. The molecule has 1 fully saturated rings. The second kappa shape index (κ2) is 9.31. The number of likely N-dealkylation sites (tertiary alicyclic amines) is 1. The largest absolute Gasteiger partial charge is 0.480 e. The molecule has 0 radical (unpaired) electrons. The molecule has 0 saturated carbocycles. The molecular weight excluding hydrogens is 392 g/mol. The van der Waals surface area contributed by atoms with Crippen molar-refractivity contribution in [3.05, 3.63) is 64.7 Å². The normalized spacial score (nSPS) is 16.5. The highest BCUT2D eigenvalue weighted by Crippen LogP contribution is 2.21. The smallest absolute Gasteiger partial charge is 0.317 e. The third kappa shape index (κ3) is 5.11. The Kier molecular flexibility index (Phi) is 6.32. The number of benzene rings is 2. The Morgan fingerprint density at radius 2 is 1.65 bits per heavy atom. The van der Waals surface area contributed by atoms with Gasteiger partial charge in [-0.3, -0.25) is 19.9 Å². The summed E-state index contributed by atoms with van der Waals surface area (Å²) in [6, 6.07) is 13.1. The second-order valence-electron chi connectivity index (χ2n) is 8.27. The van der Waals surface area contributed by atoms with Gasteiger partial charge in [0, 0.05) is 43.0 Å². The number of fused-ring (bicyclic) bond motifs is 1. The molecule has 4 rings (SSSR count). The predicted octanol–water partition coefficient (Wildman–Crippen LogP) is 3.19. The minimum Gasteiger partial charge on any atom is -0.480 e. The number of piperidine rings is 1. The Morgan fingerprint density at radius 3 is 2.35 bits per heavy atom. The van der Waals surface area contributed by atoms with Crippen molar-refractivity contribution in [1.82, 2.24) is 9.80 Å². The molecule has 1 amide bonds. The zero-order chi connectivity index (χ0) is 21.8. The lowest BCUT2D eigenvalue weighted by molar-refractivity contribution is -0.138. The highest BCUT2D eigenvalue weighted by atomic mass is 16.4. The van der Waals surface area contributed by atoms with Crippen molar-refractivity contribution in [2.24, 2.45) is 0 Å². The maximum atomic E-state index is 12.8. The number of carbonyl (C=O) groups is 2. The van der Waals surface area contributed by atoms with E-state index >= 15 is 0 Å². The van der Waals surface area contributed by atoms with Crippen molar-refractivity contribution in [1.29, 1.82) is 5.41 Å². The van der Waals surface area contributed by atoms with E-state index in [9.17, 15) is 9.59 Å². The number of amidine groups is 1. The fraction of sp³-hybridized carbons (Fsp3) is 0.375. The molecular formula is C24H28N4O3. The molecule has 2 aliphatic rings. The van der Waals surface area contributed by atoms with Crippen molar-refractivity contribution in [3.63, 3.8) is 0 Å². The van der Waals surface area contributed by atoms with Gasteiger partial charge >= 0.3 is 5.97 Å². The summed E-state index contributed by atoms with van der Waals surface area (Å²) >= 11 is 0. The van der Waals surface area contributed by atoms with E-state index in [2.05, 4.69) is 10.2 Å². The molecule has 31 heavy (non-hydrogen) atoms. The Bertz CT molecular complexity index is 981. The van der Waals surface area contributed by atoms with E-state index < -0.39 is 5.97 Å². The maximum absolute atomic E-state index is 12.8. The molecule has 0 bridgehead atoms. The van der Waals surface area contributed by atoms with Crippen molar-refractivity contribution in [2.45, 2.75) is 32.2 Å². The van der Waals surface area contributed by atoms with Crippen LogP contribution in [0.25, 0.3) is 0 Å². The lowest BCUT2D eigenvalue weighted by Crippen LogP contribution is -2.35. The number of nitrogens with one attached hydrogen (secondary N) is 2. The van der Waals surface area contributed by atoms with E-state index in [1.807, 2.05) is 47.4 Å². The molecule has 0 spiro atoms. The monoisotopic (exact) mass is 420 g/mol. The first-order valence-electron chi connectivity index (χ1n) is 10.8. The number of hydrogen-bond donors (Lipinski definition) is 3. The number of rotatable bonds is 5. The summed E-state index contributed by atoms with van der Waals surface area (Å²) in [5.41, 5.74) is 4.27. The quantitative estimate of drug-likeness (QED) is 0.510. The molecule has 2 heterocycles. The summed E-state index contributed by atoms with van der Waals surface area (Å²) in [4.78, 5) is 27.7. The Hall–Kier alpha value is -3.19. The summed E-state index contributed by atoms with van der Waals surface area (Å²) in [5.74, 6) is -0.496. The SMILES string of the molecule is N=C(c1ccc(NC(=O)c2ccc3c(c2)CN(CC(=O)O)CC3)cc1)N1CCCCC1.